The van der Waals surface area contributed by atoms with Gasteiger partial charge < -0.3 is 19.9 Å². The zero-order valence-electron chi connectivity index (χ0n) is 18.1. The molecule has 0 saturated carbocycles. The van der Waals surface area contributed by atoms with Crippen LogP contribution in [-0.4, -0.2) is 42.7 Å². The normalized spacial score (nSPS) is 12.4. The van der Waals surface area contributed by atoms with Crippen molar-refractivity contribution in [3.05, 3.63) is 54.1 Å². The van der Waals surface area contributed by atoms with Gasteiger partial charge in [0.2, 0.25) is 5.91 Å². The fourth-order valence-electron chi connectivity index (χ4n) is 3.10. The van der Waals surface area contributed by atoms with Crippen LogP contribution in [0.5, 0.6) is 17.2 Å². The van der Waals surface area contributed by atoms with Crippen molar-refractivity contribution < 1.29 is 23.8 Å². The van der Waals surface area contributed by atoms with E-state index in [-0.39, 0.29) is 18.3 Å². The largest absolute Gasteiger partial charge is 0.497 e. The minimum atomic E-state index is -0.891. The van der Waals surface area contributed by atoms with Crippen LogP contribution in [0.1, 0.15) is 26.3 Å². The van der Waals surface area contributed by atoms with Gasteiger partial charge in [0.1, 0.15) is 29.9 Å². The molecule has 2 atom stereocenters. The molecule has 0 aliphatic carbocycles. The first-order valence-corrected chi connectivity index (χ1v) is 9.83. The molecule has 2 N–H and O–H groups in total. The first-order valence-electron chi connectivity index (χ1n) is 9.83. The van der Waals surface area contributed by atoms with Crippen molar-refractivity contribution in [3.63, 3.8) is 0 Å². The summed E-state index contributed by atoms with van der Waals surface area (Å²) in [5.41, 5.74) is 6.12. The van der Waals surface area contributed by atoms with Crippen LogP contribution in [0.3, 0.4) is 0 Å². The van der Waals surface area contributed by atoms with Gasteiger partial charge >= 0.3 is 6.09 Å². The summed E-state index contributed by atoms with van der Waals surface area (Å²) in [4.78, 5) is 26.5. The summed E-state index contributed by atoms with van der Waals surface area (Å²) in [6.07, 6.45) is -0.721. The topological polar surface area (TPSA) is 115 Å². The number of carbonyl (C=O) groups is 2. The molecule has 31 heavy (non-hydrogen) atoms. The van der Waals surface area contributed by atoms with Gasteiger partial charge in [-0.05, 0) is 49.2 Å². The summed E-state index contributed by atoms with van der Waals surface area (Å²) in [6, 6.07) is 13.8. The number of amides is 2. The lowest BCUT2D eigenvalue weighted by Gasteiger charge is -2.35. The zero-order valence-corrected chi connectivity index (χ0v) is 18.1. The monoisotopic (exact) mass is 425 g/mol. The van der Waals surface area contributed by atoms with Gasteiger partial charge in [-0.3, -0.25) is 9.69 Å². The second-order valence-electron chi connectivity index (χ2n) is 7.34. The van der Waals surface area contributed by atoms with E-state index in [1.165, 1.54) is 12.0 Å². The lowest BCUT2D eigenvalue weighted by Crippen LogP contribution is -2.56. The Morgan fingerprint density at radius 3 is 2.26 bits per heavy atom. The Labute approximate surface area is 182 Å². The van der Waals surface area contributed by atoms with E-state index in [1.54, 1.807) is 69.3 Å². The van der Waals surface area contributed by atoms with Crippen LogP contribution in [0.4, 0.5) is 4.79 Å². The second kappa shape index (κ2) is 10.9. The molecule has 0 aliphatic heterocycles. The van der Waals surface area contributed by atoms with Gasteiger partial charge in [0.25, 0.3) is 0 Å². The van der Waals surface area contributed by atoms with Crippen LogP contribution in [0.2, 0.25) is 0 Å². The summed E-state index contributed by atoms with van der Waals surface area (Å²) in [6.45, 7) is 5.44. The molecule has 0 fully saturated rings. The highest BCUT2D eigenvalue weighted by Crippen LogP contribution is 2.23. The quantitative estimate of drug-likeness (QED) is 0.659. The van der Waals surface area contributed by atoms with Crippen molar-refractivity contribution >= 4 is 12.0 Å². The van der Waals surface area contributed by atoms with E-state index < -0.39 is 24.1 Å². The van der Waals surface area contributed by atoms with Crippen molar-refractivity contribution in [1.82, 2.24) is 4.90 Å². The minimum absolute atomic E-state index is 0.0929. The molecule has 2 rings (SSSR count). The summed E-state index contributed by atoms with van der Waals surface area (Å²) in [7, 11) is 1.51. The van der Waals surface area contributed by atoms with Gasteiger partial charge in [-0.25, -0.2) is 4.79 Å². The lowest BCUT2D eigenvalue weighted by atomic mass is 10.0. The van der Waals surface area contributed by atoms with Crippen molar-refractivity contribution in [1.29, 1.82) is 5.26 Å². The van der Waals surface area contributed by atoms with Crippen LogP contribution >= 0.6 is 0 Å². The highest BCUT2D eigenvalue weighted by atomic mass is 16.6. The fourth-order valence-corrected chi connectivity index (χ4v) is 3.10. The van der Waals surface area contributed by atoms with Gasteiger partial charge in [0.05, 0.1) is 24.8 Å². The number of carbonyl (C=O) groups excluding carboxylic acids is 2. The average molecular weight is 425 g/mol. The molecule has 0 aromatic heterocycles. The Bertz CT molecular complexity index is 937. The van der Waals surface area contributed by atoms with E-state index in [2.05, 4.69) is 0 Å². The number of primary amides is 1. The summed E-state index contributed by atoms with van der Waals surface area (Å²) in [5, 5.41) is 8.90. The Hall–Kier alpha value is -3.73. The van der Waals surface area contributed by atoms with Crippen molar-refractivity contribution in [2.24, 2.45) is 11.7 Å². The average Bonchev–Trinajstić information content (AvgIpc) is 2.75. The summed E-state index contributed by atoms with van der Waals surface area (Å²) in [5.74, 6) is 0.466. The van der Waals surface area contributed by atoms with Crippen molar-refractivity contribution in [3.8, 4) is 23.3 Å². The predicted octanol–water partition coefficient (Wildman–Crippen LogP) is 3.35. The molecule has 8 nitrogen and oxygen atoms in total. The van der Waals surface area contributed by atoms with E-state index in [1.807, 2.05) is 6.07 Å². The number of ether oxygens (including phenoxy) is 3. The van der Waals surface area contributed by atoms with E-state index in [0.717, 1.165) is 0 Å². The molecule has 0 spiro atoms. The fraction of sp³-hybridized carbons (Fsp3) is 0.348. The molecule has 0 aliphatic rings. The van der Waals surface area contributed by atoms with E-state index >= 15 is 0 Å². The smallest absolute Gasteiger partial charge is 0.416 e. The molecule has 8 heteroatoms. The molecular weight excluding hydrogens is 398 g/mol. The Morgan fingerprint density at radius 1 is 1.06 bits per heavy atom. The number of nitrogens with two attached hydrogens (primary N) is 1. The van der Waals surface area contributed by atoms with Gasteiger partial charge in [-0.2, -0.15) is 5.26 Å². The van der Waals surface area contributed by atoms with Gasteiger partial charge in [0.15, 0.2) is 0 Å². The number of benzene rings is 2. The molecule has 2 aromatic rings. The predicted molar refractivity (Wildman–Crippen MR) is 115 cm³/mol. The number of nitrogens with zero attached hydrogens (tertiary/aromatic N) is 2. The second-order valence-corrected chi connectivity index (χ2v) is 7.34. The Kier molecular flexibility index (Phi) is 8.26. The van der Waals surface area contributed by atoms with Crippen LogP contribution in [-0.2, 0) is 4.79 Å². The number of methoxy groups -OCH3 is 1. The molecule has 2 amide bonds. The lowest BCUT2D eigenvalue weighted by molar-refractivity contribution is -0.125. The Morgan fingerprint density at radius 2 is 1.71 bits per heavy atom. The van der Waals surface area contributed by atoms with Gasteiger partial charge in [-0.15, -0.1) is 0 Å². The number of nitriles is 1. The number of hydrogen-bond donors (Lipinski definition) is 1. The van der Waals surface area contributed by atoms with E-state index in [4.69, 9.17) is 25.2 Å². The molecular formula is C23H27N3O5. The van der Waals surface area contributed by atoms with E-state index in [9.17, 15) is 9.59 Å². The molecule has 0 saturated heterocycles. The third-order valence-corrected chi connectivity index (χ3v) is 4.63. The molecule has 0 radical (unpaired) electrons. The van der Waals surface area contributed by atoms with E-state index in [0.29, 0.717) is 17.1 Å². The SMILES string of the molecule is COc1cccc(OC(=O)N(C(C)COc2ccc(C#N)cc2)[C@H](C(N)=O)C(C)C)c1. The maximum Gasteiger partial charge on any atom is 0.416 e. The van der Waals surface area contributed by atoms with Crippen molar-refractivity contribution in [2.45, 2.75) is 32.9 Å². The minimum Gasteiger partial charge on any atom is -0.497 e. The van der Waals surface area contributed by atoms with Crippen LogP contribution in [0.25, 0.3) is 0 Å². The van der Waals surface area contributed by atoms with Crippen LogP contribution < -0.4 is 19.9 Å². The Balaban J connectivity index is 2.22. The highest BCUT2D eigenvalue weighted by molar-refractivity contribution is 5.85. The standard InChI is InChI=1S/C23H27N3O5/c1-15(2)21(22(25)27)26(23(28)31-20-7-5-6-19(12-20)29-4)16(3)14-30-18-10-8-17(13-24)9-11-18/h5-12,15-16,21H,14H2,1-4H3,(H2,25,27)/t16?,21-/m0/s1. The van der Waals surface area contributed by atoms with Gasteiger partial charge in [-0.1, -0.05) is 19.9 Å². The van der Waals surface area contributed by atoms with Crippen LogP contribution in [0.15, 0.2) is 48.5 Å². The zero-order chi connectivity index (χ0) is 23.0. The summed E-state index contributed by atoms with van der Waals surface area (Å²) < 4.78 is 16.4. The van der Waals surface area contributed by atoms with Gasteiger partial charge in [0, 0.05) is 6.07 Å². The number of hydrogen-bond acceptors (Lipinski definition) is 6. The molecule has 2 aromatic carbocycles. The highest BCUT2D eigenvalue weighted by Gasteiger charge is 2.36. The van der Waals surface area contributed by atoms with Crippen LogP contribution in [0, 0.1) is 17.2 Å². The molecule has 1 unspecified atom stereocenters. The third-order valence-electron chi connectivity index (χ3n) is 4.63. The summed E-state index contributed by atoms with van der Waals surface area (Å²) >= 11 is 0. The third kappa shape index (κ3) is 6.37. The maximum absolute atomic E-state index is 13.1. The molecule has 0 bridgehead atoms. The van der Waals surface area contributed by atoms with Crippen molar-refractivity contribution in [2.75, 3.05) is 13.7 Å². The molecule has 164 valence electrons. The first kappa shape index (κ1) is 23.5. The maximum atomic E-state index is 13.1. The molecule has 0 heterocycles. The number of rotatable bonds is 9. The first-order chi connectivity index (χ1) is 14.8.